The smallest absolute Gasteiger partial charge is 0.211 e. The highest BCUT2D eigenvalue weighted by molar-refractivity contribution is 7.13. The van der Waals surface area contributed by atoms with Gasteiger partial charge in [-0.25, -0.2) is 0 Å². The van der Waals surface area contributed by atoms with E-state index in [1.165, 1.54) is 15.8 Å². The van der Waals surface area contributed by atoms with Crippen molar-refractivity contribution in [2.24, 2.45) is 0 Å². The van der Waals surface area contributed by atoms with E-state index in [1.54, 1.807) is 17.7 Å². The molecule has 6 rings (SSSR count). The number of fused-ring (bicyclic) bond motifs is 1. The number of piperazine rings is 1. The van der Waals surface area contributed by atoms with Gasteiger partial charge in [-0.3, -0.25) is 4.79 Å². The molecule has 6 nitrogen and oxygen atoms in total. The van der Waals surface area contributed by atoms with E-state index >= 15 is 0 Å². The number of hydrogen-bond donors (Lipinski definition) is 1. The van der Waals surface area contributed by atoms with Crippen LogP contribution in [0, 0.1) is 11.3 Å². The van der Waals surface area contributed by atoms with E-state index in [0.29, 0.717) is 12.0 Å². The van der Waals surface area contributed by atoms with Crippen molar-refractivity contribution in [2.75, 3.05) is 36.0 Å². The fourth-order valence-corrected chi connectivity index (χ4v) is 6.34. The quantitative estimate of drug-likeness (QED) is 0.220. The van der Waals surface area contributed by atoms with Crippen molar-refractivity contribution in [1.82, 2.24) is 9.69 Å². The fraction of sp³-hybridized carbons (Fsp3) is 0.147. The minimum Gasteiger partial charge on any atom is -0.368 e. The Balaban J connectivity index is 1.26. The third-order valence-electron chi connectivity index (χ3n) is 7.63. The van der Waals surface area contributed by atoms with Crippen LogP contribution in [0.1, 0.15) is 18.1 Å². The molecule has 0 spiro atoms. The van der Waals surface area contributed by atoms with Crippen LogP contribution in [-0.2, 0) is 4.79 Å². The second-order valence-electron chi connectivity index (χ2n) is 10.1. The van der Waals surface area contributed by atoms with Gasteiger partial charge < -0.3 is 15.1 Å². The number of allylic oxidation sites excluding steroid dienone is 1. The first-order chi connectivity index (χ1) is 20.2. The Morgan fingerprint density at radius 2 is 1.49 bits per heavy atom. The second-order valence-corrected chi connectivity index (χ2v) is 10.9. The zero-order valence-corrected chi connectivity index (χ0v) is 23.6. The summed E-state index contributed by atoms with van der Waals surface area (Å²) in [4.78, 5) is 15.9. The Kier molecular flexibility index (Phi) is 7.48. The fourth-order valence-electron chi connectivity index (χ4n) is 5.54. The largest absolute Gasteiger partial charge is 0.368 e. The lowest BCUT2D eigenvalue weighted by molar-refractivity contribution is -0.108. The number of hydrogen-bond acceptors (Lipinski definition) is 6. The standard InChI is InChI=1S/C34H29N5OS/c1-24(22-36-23-40)33-29(26-11-9-25(21-35)10-12-26)6-4-7-30(33)27-13-15-28(16-14-27)38-17-19-39(20-18-38)34-31-5-2-3-8-32(31)41-37-34/h2-16,22-23H,17-20H2,1H3,(H,36,40)/b24-22-. The molecule has 1 aliphatic heterocycles. The van der Waals surface area contributed by atoms with Gasteiger partial charge >= 0.3 is 0 Å². The van der Waals surface area contributed by atoms with Gasteiger partial charge in [0.05, 0.1) is 16.3 Å². The van der Waals surface area contributed by atoms with Crippen molar-refractivity contribution in [3.8, 4) is 28.3 Å². The number of aromatic nitrogens is 1. The average Bonchev–Trinajstić information content (AvgIpc) is 3.48. The Morgan fingerprint density at radius 3 is 2.15 bits per heavy atom. The number of benzene rings is 4. The van der Waals surface area contributed by atoms with Crippen molar-refractivity contribution in [2.45, 2.75) is 6.92 Å². The molecule has 1 N–H and O–H groups in total. The predicted molar refractivity (Wildman–Crippen MR) is 169 cm³/mol. The number of nitriles is 1. The molecule has 1 fully saturated rings. The van der Waals surface area contributed by atoms with Gasteiger partial charge in [0.1, 0.15) is 5.82 Å². The maximum absolute atomic E-state index is 11.1. The number of rotatable bonds is 7. The first-order valence-electron chi connectivity index (χ1n) is 13.6. The molecule has 0 saturated carbocycles. The summed E-state index contributed by atoms with van der Waals surface area (Å²) in [6, 6.07) is 33.3. The van der Waals surface area contributed by atoms with Crippen LogP contribution in [0.25, 0.3) is 37.9 Å². The molecule has 0 aliphatic carbocycles. The van der Waals surface area contributed by atoms with Gasteiger partial charge in [-0.2, -0.15) is 9.64 Å². The summed E-state index contributed by atoms with van der Waals surface area (Å²) < 4.78 is 5.98. The summed E-state index contributed by atoms with van der Waals surface area (Å²) in [7, 11) is 0. The summed E-state index contributed by atoms with van der Waals surface area (Å²) in [5.74, 6) is 1.10. The van der Waals surface area contributed by atoms with Crippen LogP contribution in [-0.4, -0.2) is 37.0 Å². The predicted octanol–water partition coefficient (Wildman–Crippen LogP) is 6.94. The van der Waals surface area contributed by atoms with Crippen LogP contribution >= 0.6 is 11.5 Å². The summed E-state index contributed by atoms with van der Waals surface area (Å²) in [6.45, 7) is 5.73. The molecule has 202 valence electrons. The lowest BCUT2D eigenvalue weighted by Gasteiger charge is -2.36. The van der Waals surface area contributed by atoms with Crippen LogP contribution in [0.3, 0.4) is 0 Å². The molecule has 4 aromatic carbocycles. The molecule has 0 atom stereocenters. The van der Waals surface area contributed by atoms with Gasteiger partial charge in [0, 0.05) is 43.5 Å². The monoisotopic (exact) mass is 555 g/mol. The highest BCUT2D eigenvalue weighted by atomic mass is 32.1. The number of amides is 1. The summed E-state index contributed by atoms with van der Waals surface area (Å²) in [6.07, 6.45) is 2.41. The minimum absolute atomic E-state index is 0.623. The first-order valence-corrected chi connectivity index (χ1v) is 14.4. The van der Waals surface area contributed by atoms with Crippen molar-refractivity contribution in [1.29, 1.82) is 5.26 Å². The Bertz CT molecular complexity index is 1760. The van der Waals surface area contributed by atoms with Gasteiger partial charge in [-0.1, -0.05) is 54.6 Å². The first kappa shape index (κ1) is 26.3. The van der Waals surface area contributed by atoms with Crippen molar-refractivity contribution < 1.29 is 4.79 Å². The molecule has 1 aromatic heterocycles. The van der Waals surface area contributed by atoms with Crippen molar-refractivity contribution in [3.05, 3.63) is 108 Å². The molecule has 1 saturated heterocycles. The highest BCUT2D eigenvalue weighted by Gasteiger charge is 2.21. The molecular formula is C34H29N5OS. The van der Waals surface area contributed by atoms with Crippen LogP contribution in [0.4, 0.5) is 11.5 Å². The number of anilines is 2. The number of carbonyl (C=O) groups excluding carboxylic acids is 1. The molecule has 0 radical (unpaired) electrons. The average molecular weight is 556 g/mol. The maximum atomic E-state index is 11.1. The van der Waals surface area contributed by atoms with Crippen molar-refractivity contribution >= 4 is 45.1 Å². The van der Waals surface area contributed by atoms with Gasteiger partial charge in [-0.05, 0) is 88.2 Å². The molecule has 5 aromatic rings. The third kappa shape index (κ3) is 5.30. The van der Waals surface area contributed by atoms with Gasteiger partial charge in [0.25, 0.3) is 0 Å². The van der Waals surface area contributed by atoms with E-state index in [0.717, 1.165) is 65.4 Å². The zero-order valence-electron chi connectivity index (χ0n) is 22.7. The lowest BCUT2D eigenvalue weighted by atomic mass is 9.88. The molecule has 1 aliphatic rings. The Morgan fingerprint density at radius 1 is 0.854 bits per heavy atom. The molecule has 0 bridgehead atoms. The van der Waals surface area contributed by atoms with Crippen LogP contribution in [0.2, 0.25) is 0 Å². The van der Waals surface area contributed by atoms with Gasteiger partial charge in [0.15, 0.2) is 0 Å². The van der Waals surface area contributed by atoms with Crippen LogP contribution in [0.5, 0.6) is 0 Å². The van der Waals surface area contributed by atoms with E-state index in [9.17, 15) is 10.1 Å². The van der Waals surface area contributed by atoms with Gasteiger partial charge in [0.2, 0.25) is 6.41 Å². The van der Waals surface area contributed by atoms with Crippen LogP contribution < -0.4 is 15.1 Å². The highest BCUT2D eigenvalue weighted by Crippen LogP contribution is 2.38. The van der Waals surface area contributed by atoms with E-state index in [-0.39, 0.29) is 0 Å². The second kappa shape index (κ2) is 11.7. The molecule has 1 amide bonds. The maximum Gasteiger partial charge on any atom is 0.211 e. The van der Waals surface area contributed by atoms with E-state index in [4.69, 9.17) is 4.37 Å². The van der Waals surface area contributed by atoms with E-state index in [2.05, 4.69) is 87.9 Å². The lowest BCUT2D eigenvalue weighted by Crippen LogP contribution is -2.46. The third-order valence-corrected chi connectivity index (χ3v) is 8.45. The summed E-state index contributed by atoms with van der Waals surface area (Å²) in [5.41, 5.74) is 8.07. The van der Waals surface area contributed by atoms with Gasteiger partial charge in [-0.15, -0.1) is 0 Å². The number of carbonyl (C=O) groups is 1. The Labute approximate surface area is 243 Å². The zero-order chi connectivity index (χ0) is 28.2. The minimum atomic E-state index is 0.623. The van der Waals surface area contributed by atoms with E-state index in [1.807, 2.05) is 31.2 Å². The topological polar surface area (TPSA) is 72.3 Å². The molecule has 0 unspecified atom stereocenters. The summed E-state index contributed by atoms with van der Waals surface area (Å²) in [5, 5.41) is 13.2. The Hall–Kier alpha value is -4.93. The van der Waals surface area contributed by atoms with Crippen molar-refractivity contribution in [3.63, 3.8) is 0 Å². The van der Waals surface area contributed by atoms with E-state index < -0.39 is 0 Å². The number of nitrogens with zero attached hydrogens (tertiary/aromatic N) is 4. The number of nitrogens with one attached hydrogen (secondary N) is 1. The summed E-state index contributed by atoms with van der Waals surface area (Å²) >= 11 is 1.57. The normalized spacial score (nSPS) is 13.7. The molecule has 41 heavy (non-hydrogen) atoms. The molecular weight excluding hydrogens is 526 g/mol. The van der Waals surface area contributed by atoms with Crippen LogP contribution in [0.15, 0.2) is 97.2 Å². The molecule has 2 heterocycles. The SMILES string of the molecule is C/C(=C/NC=O)c1c(-c2ccc(C#N)cc2)cccc1-c1ccc(N2CCN(c3nsc4ccccc34)CC2)cc1. The molecule has 7 heteroatoms.